The Kier molecular flexibility index (Phi) is 5.06. The van der Waals surface area contributed by atoms with Gasteiger partial charge in [-0.1, -0.05) is 12.1 Å². The molecule has 2 aromatic heterocycles. The summed E-state index contributed by atoms with van der Waals surface area (Å²) in [6, 6.07) is 11.0. The fraction of sp³-hybridized carbons (Fsp3) is 0.304. The van der Waals surface area contributed by atoms with Crippen molar-refractivity contribution in [3.63, 3.8) is 0 Å². The molecule has 154 valence electrons. The van der Waals surface area contributed by atoms with Crippen molar-refractivity contribution in [1.29, 1.82) is 0 Å². The molecule has 0 radical (unpaired) electrons. The minimum atomic E-state index is -0.377. The van der Waals surface area contributed by atoms with Crippen LogP contribution in [0.4, 0.5) is 10.1 Å². The molecule has 1 saturated heterocycles. The van der Waals surface area contributed by atoms with Crippen molar-refractivity contribution in [3.05, 3.63) is 54.0 Å². The standard InChI is InChI=1S/C23H24FN5O/c24-17-4-1-5-19-21(17)22(25)16(14-26-19)23-27-18-7-6-15(13-20(18)28-23)3-2-8-29-9-11-30-12-10-29/h1,4-7,13-14H,2-3,8-12H2,(H2,25,26)(H,27,28). The van der Waals surface area contributed by atoms with Crippen LogP contribution in [0.5, 0.6) is 0 Å². The maximum Gasteiger partial charge on any atom is 0.142 e. The molecule has 5 rings (SSSR count). The van der Waals surface area contributed by atoms with Crippen molar-refractivity contribution in [2.75, 3.05) is 38.6 Å². The fourth-order valence-corrected chi connectivity index (χ4v) is 4.09. The van der Waals surface area contributed by atoms with E-state index in [1.165, 1.54) is 11.6 Å². The molecule has 0 spiro atoms. The van der Waals surface area contributed by atoms with E-state index in [1.807, 2.05) is 6.07 Å². The van der Waals surface area contributed by atoms with Crippen molar-refractivity contribution in [1.82, 2.24) is 19.9 Å². The van der Waals surface area contributed by atoms with Gasteiger partial charge in [-0.15, -0.1) is 0 Å². The molecular weight excluding hydrogens is 381 g/mol. The fourth-order valence-electron chi connectivity index (χ4n) is 4.09. The van der Waals surface area contributed by atoms with Gasteiger partial charge in [0.2, 0.25) is 0 Å². The van der Waals surface area contributed by atoms with Gasteiger partial charge in [-0.25, -0.2) is 9.37 Å². The lowest BCUT2D eigenvalue weighted by atomic mass is 10.1. The number of hydrogen-bond acceptors (Lipinski definition) is 5. The van der Waals surface area contributed by atoms with E-state index in [1.54, 1.807) is 18.3 Å². The highest BCUT2D eigenvalue weighted by molar-refractivity contribution is 5.98. The monoisotopic (exact) mass is 405 g/mol. The Bertz CT molecular complexity index is 1200. The Hall–Kier alpha value is -3.03. The number of nitrogens with one attached hydrogen (secondary N) is 1. The molecule has 0 atom stereocenters. The molecule has 0 amide bonds. The van der Waals surface area contributed by atoms with Gasteiger partial charge in [0.05, 0.1) is 46.4 Å². The minimum absolute atomic E-state index is 0.333. The van der Waals surface area contributed by atoms with Crippen LogP contribution in [-0.4, -0.2) is 52.7 Å². The Morgan fingerprint density at radius 3 is 2.87 bits per heavy atom. The van der Waals surface area contributed by atoms with Gasteiger partial charge in [0.1, 0.15) is 11.6 Å². The van der Waals surface area contributed by atoms with Crippen molar-refractivity contribution >= 4 is 27.6 Å². The highest BCUT2D eigenvalue weighted by atomic mass is 19.1. The van der Waals surface area contributed by atoms with Gasteiger partial charge in [-0.05, 0) is 49.2 Å². The van der Waals surface area contributed by atoms with Crippen LogP contribution in [0.3, 0.4) is 0 Å². The smallest absolute Gasteiger partial charge is 0.142 e. The summed E-state index contributed by atoms with van der Waals surface area (Å²) < 4.78 is 19.7. The largest absolute Gasteiger partial charge is 0.397 e. The lowest BCUT2D eigenvalue weighted by Crippen LogP contribution is -2.36. The number of pyridine rings is 1. The second kappa shape index (κ2) is 8.01. The lowest BCUT2D eigenvalue weighted by molar-refractivity contribution is 0.0375. The first-order valence-electron chi connectivity index (χ1n) is 10.3. The number of benzene rings is 2. The predicted molar refractivity (Wildman–Crippen MR) is 117 cm³/mol. The maximum atomic E-state index is 14.3. The first-order chi connectivity index (χ1) is 14.7. The highest BCUT2D eigenvalue weighted by Gasteiger charge is 2.15. The lowest BCUT2D eigenvalue weighted by Gasteiger charge is -2.26. The number of aromatic nitrogens is 3. The SMILES string of the molecule is Nc1c(-c2nc3ccc(CCCN4CCOCC4)cc3[nH]2)cnc2cccc(F)c12. The second-order valence-electron chi connectivity index (χ2n) is 7.71. The average molecular weight is 405 g/mol. The van der Waals surface area contributed by atoms with E-state index in [0.29, 0.717) is 28.0 Å². The second-order valence-corrected chi connectivity index (χ2v) is 7.71. The number of imidazole rings is 1. The third-order valence-electron chi connectivity index (χ3n) is 5.73. The van der Waals surface area contributed by atoms with Crippen molar-refractivity contribution in [2.45, 2.75) is 12.8 Å². The molecule has 2 aromatic carbocycles. The summed E-state index contributed by atoms with van der Waals surface area (Å²) in [5.74, 6) is 0.226. The number of H-pyrrole nitrogens is 1. The van der Waals surface area contributed by atoms with E-state index in [-0.39, 0.29) is 5.82 Å². The summed E-state index contributed by atoms with van der Waals surface area (Å²) in [6.07, 6.45) is 3.76. The number of nitrogens with two attached hydrogens (primary N) is 1. The molecule has 1 fully saturated rings. The minimum Gasteiger partial charge on any atom is -0.397 e. The van der Waals surface area contributed by atoms with Crippen molar-refractivity contribution in [3.8, 4) is 11.4 Å². The Morgan fingerprint density at radius 2 is 2.00 bits per heavy atom. The molecule has 1 aliphatic heterocycles. The van der Waals surface area contributed by atoms with E-state index >= 15 is 0 Å². The molecule has 0 unspecified atom stereocenters. The van der Waals surface area contributed by atoms with Crippen LogP contribution >= 0.6 is 0 Å². The van der Waals surface area contributed by atoms with Crippen LogP contribution in [0.25, 0.3) is 33.3 Å². The number of halogens is 1. The quantitative estimate of drug-likeness (QED) is 0.528. The number of rotatable bonds is 5. The van der Waals surface area contributed by atoms with E-state index in [9.17, 15) is 4.39 Å². The van der Waals surface area contributed by atoms with Crippen molar-refractivity contribution in [2.24, 2.45) is 0 Å². The van der Waals surface area contributed by atoms with Gasteiger partial charge in [0, 0.05) is 19.3 Å². The van der Waals surface area contributed by atoms with E-state index in [0.717, 1.165) is 56.7 Å². The number of nitrogen functional groups attached to an aromatic ring is 1. The van der Waals surface area contributed by atoms with Gasteiger partial charge < -0.3 is 15.5 Å². The summed E-state index contributed by atoms with van der Waals surface area (Å²) >= 11 is 0. The zero-order valence-electron chi connectivity index (χ0n) is 16.7. The van der Waals surface area contributed by atoms with Crippen molar-refractivity contribution < 1.29 is 9.13 Å². The molecule has 1 aliphatic rings. The third-order valence-corrected chi connectivity index (χ3v) is 5.73. The Morgan fingerprint density at radius 1 is 1.13 bits per heavy atom. The number of aryl methyl sites for hydroxylation is 1. The zero-order valence-corrected chi connectivity index (χ0v) is 16.7. The van der Waals surface area contributed by atoms with Crippen LogP contribution < -0.4 is 5.73 Å². The molecule has 30 heavy (non-hydrogen) atoms. The van der Waals surface area contributed by atoms with Crippen LogP contribution in [0.15, 0.2) is 42.6 Å². The topological polar surface area (TPSA) is 80.1 Å². The van der Waals surface area contributed by atoms with E-state index in [4.69, 9.17) is 10.5 Å². The zero-order chi connectivity index (χ0) is 20.5. The first-order valence-corrected chi connectivity index (χ1v) is 10.3. The molecular formula is C23H24FN5O. The molecule has 7 heteroatoms. The molecule has 3 N–H and O–H groups in total. The number of ether oxygens (including phenoxy) is 1. The van der Waals surface area contributed by atoms with E-state index < -0.39 is 0 Å². The van der Waals surface area contributed by atoms with Gasteiger partial charge in [-0.3, -0.25) is 9.88 Å². The first kappa shape index (κ1) is 19.0. The van der Waals surface area contributed by atoms with Gasteiger partial charge in [0.25, 0.3) is 0 Å². The van der Waals surface area contributed by atoms with E-state index in [2.05, 4.69) is 32.0 Å². The number of hydrogen-bond donors (Lipinski definition) is 2. The molecule has 0 bridgehead atoms. The van der Waals surface area contributed by atoms with Crippen LogP contribution in [0, 0.1) is 5.82 Å². The molecule has 3 heterocycles. The molecule has 0 aliphatic carbocycles. The van der Waals surface area contributed by atoms with Crippen LogP contribution in [0.2, 0.25) is 0 Å². The normalized spacial score (nSPS) is 15.2. The van der Waals surface area contributed by atoms with Gasteiger partial charge >= 0.3 is 0 Å². The third kappa shape index (κ3) is 3.62. The Labute approximate surface area is 173 Å². The van der Waals surface area contributed by atoms with Gasteiger partial charge in [0.15, 0.2) is 0 Å². The number of aromatic amines is 1. The summed E-state index contributed by atoms with van der Waals surface area (Å²) in [5, 5.41) is 0.333. The number of nitrogens with zero attached hydrogens (tertiary/aromatic N) is 3. The number of morpholine rings is 1. The number of anilines is 1. The summed E-state index contributed by atoms with van der Waals surface area (Å²) in [7, 11) is 0. The summed E-state index contributed by atoms with van der Waals surface area (Å²) in [5.41, 5.74) is 10.9. The van der Waals surface area contributed by atoms with Crippen LogP contribution in [-0.2, 0) is 11.2 Å². The number of fused-ring (bicyclic) bond motifs is 2. The summed E-state index contributed by atoms with van der Waals surface area (Å²) in [4.78, 5) is 14.8. The summed E-state index contributed by atoms with van der Waals surface area (Å²) in [6.45, 7) is 4.79. The predicted octanol–water partition coefficient (Wildman–Crippen LogP) is 3.76. The highest BCUT2D eigenvalue weighted by Crippen LogP contribution is 2.32. The average Bonchev–Trinajstić information content (AvgIpc) is 3.18. The maximum absolute atomic E-state index is 14.3. The molecule has 0 saturated carbocycles. The Balaban J connectivity index is 1.38. The van der Waals surface area contributed by atoms with Gasteiger partial charge in [-0.2, -0.15) is 0 Å². The molecule has 4 aromatic rings. The molecule has 6 nitrogen and oxygen atoms in total. The van der Waals surface area contributed by atoms with Crippen LogP contribution in [0.1, 0.15) is 12.0 Å².